The molecule has 1 aromatic rings. The molecule has 1 aliphatic rings. The lowest BCUT2D eigenvalue weighted by molar-refractivity contribution is 0.304. The van der Waals surface area contributed by atoms with Crippen molar-refractivity contribution in [2.45, 2.75) is 30.2 Å². The van der Waals surface area contributed by atoms with Crippen LogP contribution in [0.15, 0.2) is 29.2 Å². The van der Waals surface area contributed by atoms with Gasteiger partial charge in [-0.2, -0.15) is 4.31 Å². The van der Waals surface area contributed by atoms with Crippen LogP contribution in [-0.4, -0.2) is 32.4 Å². The second kappa shape index (κ2) is 5.79. The number of hydrogen-bond acceptors (Lipinski definition) is 3. The first kappa shape index (κ1) is 14.8. The second-order valence-corrected chi connectivity index (χ2v) is 7.32. The molecule has 1 saturated carbocycles. The summed E-state index contributed by atoms with van der Waals surface area (Å²) in [5.74, 6) is 0.238. The van der Waals surface area contributed by atoms with E-state index in [2.05, 4.69) is 0 Å². The van der Waals surface area contributed by atoms with Gasteiger partial charge in [0.2, 0.25) is 10.0 Å². The van der Waals surface area contributed by atoms with E-state index in [1.54, 1.807) is 31.3 Å². The highest BCUT2D eigenvalue weighted by Crippen LogP contribution is 2.33. The van der Waals surface area contributed by atoms with E-state index in [1.165, 1.54) is 4.31 Å². The summed E-state index contributed by atoms with van der Waals surface area (Å²) < 4.78 is 26.6. The largest absolute Gasteiger partial charge is 0.330 e. The monoisotopic (exact) mass is 302 g/mol. The Balaban J connectivity index is 2.32. The summed E-state index contributed by atoms with van der Waals surface area (Å²) in [6, 6.07) is 6.52. The first-order chi connectivity index (χ1) is 8.98. The topological polar surface area (TPSA) is 63.4 Å². The van der Waals surface area contributed by atoms with Crippen molar-refractivity contribution in [2.24, 2.45) is 11.7 Å². The van der Waals surface area contributed by atoms with Crippen LogP contribution in [0.2, 0.25) is 5.02 Å². The maximum atomic E-state index is 12.6. The summed E-state index contributed by atoms with van der Waals surface area (Å²) in [5, 5.41) is 0.261. The predicted molar refractivity (Wildman–Crippen MR) is 76.6 cm³/mol. The molecule has 106 valence electrons. The molecule has 2 atom stereocenters. The molecule has 0 amide bonds. The Hall–Kier alpha value is -0.620. The molecule has 1 fully saturated rings. The van der Waals surface area contributed by atoms with E-state index < -0.39 is 10.0 Å². The molecule has 0 saturated heterocycles. The van der Waals surface area contributed by atoms with E-state index >= 15 is 0 Å². The molecule has 1 aliphatic carbocycles. The van der Waals surface area contributed by atoms with Gasteiger partial charge in [0.25, 0.3) is 0 Å². The minimum Gasteiger partial charge on any atom is -0.330 e. The van der Waals surface area contributed by atoms with Crippen LogP contribution in [0.1, 0.15) is 19.3 Å². The number of nitrogens with zero attached hydrogens (tertiary/aromatic N) is 1. The molecule has 1 aromatic carbocycles. The Morgan fingerprint density at radius 3 is 2.68 bits per heavy atom. The van der Waals surface area contributed by atoms with Crippen LogP contribution >= 0.6 is 11.6 Å². The van der Waals surface area contributed by atoms with Crippen molar-refractivity contribution in [1.82, 2.24) is 4.31 Å². The second-order valence-electron chi connectivity index (χ2n) is 4.95. The van der Waals surface area contributed by atoms with E-state index in [0.29, 0.717) is 6.54 Å². The third kappa shape index (κ3) is 2.79. The van der Waals surface area contributed by atoms with Crippen LogP contribution in [-0.2, 0) is 10.0 Å². The third-order valence-corrected chi connectivity index (χ3v) is 6.26. The molecule has 2 N–H and O–H groups in total. The fourth-order valence-electron chi connectivity index (χ4n) is 2.76. The number of benzene rings is 1. The minimum atomic E-state index is -3.55. The Bertz CT molecular complexity index is 547. The van der Waals surface area contributed by atoms with Crippen LogP contribution in [0.4, 0.5) is 0 Å². The Morgan fingerprint density at radius 2 is 2.05 bits per heavy atom. The highest BCUT2D eigenvalue weighted by atomic mass is 35.5. The van der Waals surface area contributed by atoms with Crippen molar-refractivity contribution in [3.63, 3.8) is 0 Å². The fraction of sp³-hybridized carbons (Fsp3) is 0.538. The van der Waals surface area contributed by atoms with Gasteiger partial charge in [0, 0.05) is 13.1 Å². The van der Waals surface area contributed by atoms with Gasteiger partial charge in [0.1, 0.15) is 4.90 Å². The zero-order valence-corrected chi connectivity index (χ0v) is 12.5. The van der Waals surface area contributed by atoms with Crippen LogP contribution < -0.4 is 5.73 Å². The van der Waals surface area contributed by atoms with Gasteiger partial charge in [-0.15, -0.1) is 0 Å². The molecule has 2 rings (SSSR count). The van der Waals surface area contributed by atoms with Crippen LogP contribution in [0.5, 0.6) is 0 Å². The Kier molecular flexibility index (Phi) is 4.50. The molecule has 0 heterocycles. The van der Waals surface area contributed by atoms with E-state index in [0.717, 1.165) is 19.3 Å². The van der Waals surface area contributed by atoms with Crippen molar-refractivity contribution < 1.29 is 8.42 Å². The summed E-state index contributed by atoms with van der Waals surface area (Å²) in [5.41, 5.74) is 5.73. The van der Waals surface area contributed by atoms with E-state index in [1.807, 2.05) is 0 Å². The van der Waals surface area contributed by atoms with Gasteiger partial charge in [-0.25, -0.2) is 8.42 Å². The van der Waals surface area contributed by atoms with E-state index in [-0.39, 0.29) is 21.9 Å². The summed E-state index contributed by atoms with van der Waals surface area (Å²) in [4.78, 5) is 0.168. The van der Waals surface area contributed by atoms with Gasteiger partial charge in [0.15, 0.2) is 0 Å². The zero-order chi connectivity index (χ0) is 14.0. The van der Waals surface area contributed by atoms with Crippen molar-refractivity contribution in [1.29, 1.82) is 0 Å². The average Bonchev–Trinajstić information content (AvgIpc) is 2.86. The molecule has 19 heavy (non-hydrogen) atoms. The zero-order valence-electron chi connectivity index (χ0n) is 10.9. The number of hydrogen-bond donors (Lipinski definition) is 1. The first-order valence-electron chi connectivity index (χ1n) is 6.41. The van der Waals surface area contributed by atoms with Gasteiger partial charge in [-0.05, 0) is 37.4 Å². The van der Waals surface area contributed by atoms with Gasteiger partial charge in [-0.3, -0.25) is 0 Å². The molecule has 2 unspecified atom stereocenters. The molecule has 6 heteroatoms. The Morgan fingerprint density at radius 1 is 1.37 bits per heavy atom. The number of sulfonamides is 1. The van der Waals surface area contributed by atoms with Crippen LogP contribution in [0.25, 0.3) is 0 Å². The van der Waals surface area contributed by atoms with Crippen molar-refractivity contribution >= 4 is 21.6 Å². The summed E-state index contributed by atoms with van der Waals surface area (Å²) in [6.45, 7) is 0.521. The fourth-order valence-corrected chi connectivity index (χ4v) is 4.70. The number of rotatable bonds is 4. The lowest BCUT2D eigenvalue weighted by Crippen LogP contribution is -2.41. The van der Waals surface area contributed by atoms with Gasteiger partial charge < -0.3 is 5.73 Å². The predicted octanol–water partition coefficient (Wildman–Crippen LogP) is 2.09. The maximum absolute atomic E-state index is 12.6. The molecule has 0 aromatic heterocycles. The minimum absolute atomic E-state index is 0.0220. The van der Waals surface area contributed by atoms with Crippen LogP contribution in [0, 0.1) is 5.92 Å². The molecular weight excluding hydrogens is 284 g/mol. The van der Waals surface area contributed by atoms with Crippen molar-refractivity contribution in [3.05, 3.63) is 29.3 Å². The highest BCUT2D eigenvalue weighted by molar-refractivity contribution is 7.89. The molecule has 0 bridgehead atoms. The quantitative estimate of drug-likeness (QED) is 0.926. The molecule has 4 nitrogen and oxygen atoms in total. The SMILES string of the molecule is CN(C1CCCC1CN)S(=O)(=O)c1ccccc1Cl. The summed E-state index contributed by atoms with van der Waals surface area (Å²) in [6.07, 6.45) is 2.88. The van der Waals surface area contributed by atoms with Crippen molar-refractivity contribution in [2.75, 3.05) is 13.6 Å². The van der Waals surface area contributed by atoms with Gasteiger partial charge >= 0.3 is 0 Å². The lowest BCUT2D eigenvalue weighted by atomic mass is 10.0. The number of nitrogens with two attached hydrogens (primary N) is 1. The summed E-state index contributed by atoms with van der Waals surface area (Å²) in [7, 11) is -1.93. The van der Waals surface area contributed by atoms with E-state index in [9.17, 15) is 8.42 Å². The van der Waals surface area contributed by atoms with E-state index in [4.69, 9.17) is 17.3 Å². The molecular formula is C13H19ClN2O2S. The van der Waals surface area contributed by atoms with Crippen molar-refractivity contribution in [3.8, 4) is 0 Å². The number of halogens is 1. The Labute approximate surface area is 119 Å². The average molecular weight is 303 g/mol. The van der Waals surface area contributed by atoms with Gasteiger partial charge in [0.05, 0.1) is 5.02 Å². The smallest absolute Gasteiger partial charge is 0.244 e. The molecule has 0 aliphatic heterocycles. The third-order valence-electron chi connectivity index (χ3n) is 3.88. The standard InChI is InChI=1S/C13H19ClN2O2S/c1-16(12-7-4-5-10(12)9-15)19(17,18)13-8-3-2-6-11(13)14/h2-3,6,8,10,12H,4-5,7,9,15H2,1H3. The van der Waals surface area contributed by atoms with Gasteiger partial charge in [-0.1, -0.05) is 30.2 Å². The lowest BCUT2D eigenvalue weighted by Gasteiger charge is -2.28. The first-order valence-corrected chi connectivity index (χ1v) is 8.23. The normalized spacial score (nSPS) is 24.0. The summed E-state index contributed by atoms with van der Waals surface area (Å²) >= 11 is 6.00. The highest BCUT2D eigenvalue weighted by Gasteiger charge is 2.36. The molecule has 0 spiro atoms. The molecule has 0 radical (unpaired) electrons. The maximum Gasteiger partial charge on any atom is 0.244 e. The van der Waals surface area contributed by atoms with Crippen LogP contribution in [0.3, 0.4) is 0 Å².